The number of rotatable bonds is 6. The third-order valence-corrected chi connectivity index (χ3v) is 4.75. The maximum atomic E-state index is 12.1. The summed E-state index contributed by atoms with van der Waals surface area (Å²) in [5.41, 5.74) is 5.40. The van der Waals surface area contributed by atoms with Crippen molar-refractivity contribution in [3.05, 3.63) is 29.8 Å². The molecule has 0 saturated carbocycles. The van der Waals surface area contributed by atoms with E-state index in [9.17, 15) is 13.2 Å². The molecule has 0 unspecified atom stereocenters. The first-order chi connectivity index (χ1) is 9.99. The molecular weight excluding hydrogens is 330 g/mol. The molecule has 22 heavy (non-hydrogen) atoms. The minimum atomic E-state index is -3.56. The first-order valence-corrected chi connectivity index (χ1v) is 8.17. The first kappa shape index (κ1) is 18.9. The molecule has 1 aromatic carbocycles. The molecule has 1 fully saturated rings. The molecule has 0 spiro atoms. The first-order valence-electron chi connectivity index (χ1n) is 6.69. The largest absolute Gasteiger partial charge is 0.379 e. The van der Waals surface area contributed by atoms with Crippen LogP contribution in [0.3, 0.4) is 0 Å². The smallest absolute Gasteiger partial charge is 0.248 e. The Kier molecular flexibility index (Phi) is 7.24. The molecule has 1 aliphatic heterocycles. The molecule has 0 aromatic heterocycles. The molecule has 124 valence electrons. The zero-order chi connectivity index (χ0) is 15.3. The summed E-state index contributed by atoms with van der Waals surface area (Å²) in [5.74, 6) is -0.584. The van der Waals surface area contributed by atoms with Gasteiger partial charge in [0.05, 0.1) is 18.1 Å². The SMILES string of the molecule is Cl.NC(=O)c1ccc(S(=O)(=O)NCCN2CCOCC2)cc1. The number of hydrogen-bond acceptors (Lipinski definition) is 5. The predicted molar refractivity (Wildman–Crippen MR) is 84.7 cm³/mol. The second-order valence-corrected chi connectivity index (χ2v) is 6.51. The summed E-state index contributed by atoms with van der Waals surface area (Å²) in [6.07, 6.45) is 0. The van der Waals surface area contributed by atoms with Gasteiger partial charge in [-0.05, 0) is 24.3 Å². The Morgan fingerprint density at radius 2 is 1.82 bits per heavy atom. The Balaban J connectivity index is 0.00000242. The van der Waals surface area contributed by atoms with Gasteiger partial charge in [-0.3, -0.25) is 9.69 Å². The summed E-state index contributed by atoms with van der Waals surface area (Å²) in [4.78, 5) is 13.2. The fourth-order valence-corrected chi connectivity index (χ4v) is 3.07. The van der Waals surface area contributed by atoms with Gasteiger partial charge >= 0.3 is 0 Å². The van der Waals surface area contributed by atoms with Crippen LogP contribution in [0, 0.1) is 0 Å². The molecule has 2 rings (SSSR count). The fraction of sp³-hybridized carbons (Fsp3) is 0.462. The van der Waals surface area contributed by atoms with Crippen molar-refractivity contribution in [2.24, 2.45) is 5.73 Å². The lowest BCUT2D eigenvalue weighted by Gasteiger charge is -2.26. The zero-order valence-corrected chi connectivity index (χ0v) is 13.7. The van der Waals surface area contributed by atoms with E-state index in [0.717, 1.165) is 13.1 Å². The number of sulfonamides is 1. The van der Waals surface area contributed by atoms with Crippen LogP contribution in [0.25, 0.3) is 0 Å². The van der Waals surface area contributed by atoms with Crippen molar-refractivity contribution in [1.82, 2.24) is 9.62 Å². The van der Waals surface area contributed by atoms with E-state index in [-0.39, 0.29) is 22.9 Å². The van der Waals surface area contributed by atoms with Crippen LogP contribution in [0.4, 0.5) is 0 Å². The number of primary amides is 1. The maximum absolute atomic E-state index is 12.1. The van der Waals surface area contributed by atoms with Crippen LogP contribution >= 0.6 is 12.4 Å². The molecule has 0 aliphatic carbocycles. The van der Waals surface area contributed by atoms with E-state index < -0.39 is 15.9 Å². The highest BCUT2D eigenvalue weighted by atomic mass is 35.5. The van der Waals surface area contributed by atoms with Gasteiger partial charge in [0.2, 0.25) is 15.9 Å². The average molecular weight is 350 g/mol. The van der Waals surface area contributed by atoms with Crippen molar-refractivity contribution >= 4 is 28.3 Å². The summed E-state index contributed by atoms with van der Waals surface area (Å²) < 4.78 is 31.9. The van der Waals surface area contributed by atoms with Crippen LogP contribution in [0.5, 0.6) is 0 Å². The second-order valence-electron chi connectivity index (χ2n) is 4.74. The van der Waals surface area contributed by atoms with Crippen molar-refractivity contribution in [3.8, 4) is 0 Å². The minimum Gasteiger partial charge on any atom is -0.379 e. The van der Waals surface area contributed by atoms with E-state index in [1.54, 1.807) is 0 Å². The molecule has 1 heterocycles. The second kappa shape index (κ2) is 8.44. The summed E-state index contributed by atoms with van der Waals surface area (Å²) in [6, 6.07) is 5.55. The monoisotopic (exact) mass is 349 g/mol. The van der Waals surface area contributed by atoms with Crippen molar-refractivity contribution < 1.29 is 17.9 Å². The van der Waals surface area contributed by atoms with E-state index in [4.69, 9.17) is 10.5 Å². The van der Waals surface area contributed by atoms with Gasteiger partial charge in [-0.15, -0.1) is 12.4 Å². The number of ether oxygens (including phenoxy) is 1. The van der Waals surface area contributed by atoms with Crippen molar-refractivity contribution in [2.75, 3.05) is 39.4 Å². The average Bonchev–Trinajstić information content (AvgIpc) is 2.48. The number of amides is 1. The van der Waals surface area contributed by atoms with Gasteiger partial charge in [0.1, 0.15) is 0 Å². The Morgan fingerprint density at radius 3 is 2.36 bits per heavy atom. The number of halogens is 1. The van der Waals surface area contributed by atoms with Crippen molar-refractivity contribution in [2.45, 2.75) is 4.90 Å². The standard InChI is InChI=1S/C13H19N3O4S.ClH/c14-13(17)11-1-3-12(4-2-11)21(18,19)15-5-6-16-7-9-20-10-8-16;/h1-4,15H,5-10H2,(H2,14,17);1H. The summed E-state index contributed by atoms with van der Waals surface area (Å²) in [5, 5.41) is 0. The number of carbonyl (C=O) groups excluding carboxylic acids is 1. The van der Waals surface area contributed by atoms with Crippen LogP contribution in [-0.4, -0.2) is 58.6 Å². The molecule has 7 nitrogen and oxygen atoms in total. The van der Waals surface area contributed by atoms with Gasteiger partial charge in [-0.2, -0.15) is 0 Å². The van der Waals surface area contributed by atoms with E-state index in [0.29, 0.717) is 26.3 Å². The van der Waals surface area contributed by atoms with Gasteiger partial charge < -0.3 is 10.5 Å². The molecule has 9 heteroatoms. The van der Waals surface area contributed by atoms with Gasteiger partial charge in [0, 0.05) is 31.7 Å². The number of hydrogen-bond donors (Lipinski definition) is 2. The third kappa shape index (κ3) is 5.22. The molecule has 0 bridgehead atoms. The summed E-state index contributed by atoms with van der Waals surface area (Å²) in [6.45, 7) is 3.97. The van der Waals surface area contributed by atoms with Crippen LogP contribution in [0.2, 0.25) is 0 Å². The van der Waals surface area contributed by atoms with Gasteiger partial charge in [-0.25, -0.2) is 13.1 Å². The highest BCUT2D eigenvalue weighted by Gasteiger charge is 2.15. The maximum Gasteiger partial charge on any atom is 0.248 e. The molecule has 1 aliphatic rings. The molecule has 0 radical (unpaired) electrons. The molecule has 1 saturated heterocycles. The Hall–Kier alpha value is -1.19. The van der Waals surface area contributed by atoms with E-state index in [1.165, 1.54) is 24.3 Å². The van der Waals surface area contributed by atoms with Crippen molar-refractivity contribution in [3.63, 3.8) is 0 Å². The van der Waals surface area contributed by atoms with Gasteiger partial charge in [0.25, 0.3) is 0 Å². The zero-order valence-electron chi connectivity index (χ0n) is 12.0. The highest BCUT2D eigenvalue weighted by Crippen LogP contribution is 2.10. The summed E-state index contributed by atoms with van der Waals surface area (Å²) >= 11 is 0. The summed E-state index contributed by atoms with van der Waals surface area (Å²) in [7, 11) is -3.56. The lowest BCUT2D eigenvalue weighted by molar-refractivity contribution is 0.0390. The van der Waals surface area contributed by atoms with Crippen LogP contribution in [0.15, 0.2) is 29.2 Å². The lowest BCUT2D eigenvalue weighted by Crippen LogP contribution is -2.41. The number of carbonyl (C=O) groups is 1. The topological polar surface area (TPSA) is 102 Å². The fourth-order valence-electron chi connectivity index (χ4n) is 2.04. The van der Waals surface area contributed by atoms with E-state index in [1.807, 2.05) is 0 Å². The van der Waals surface area contributed by atoms with Crippen molar-refractivity contribution in [1.29, 1.82) is 0 Å². The third-order valence-electron chi connectivity index (χ3n) is 3.27. The molecule has 0 atom stereocenters. The van der Waals surface area contributed by atoms with Gasteiger partial charge in [-0.1, -0.05) is 0 Å². The molecular formula is C13H20ClN3O4S. The van der Waals surface area contributed by atoms with Crippen LogP contribution in [0.1, 0.15) is 10.4 Å². The number of nitrogens with two attached hydrogens (primary N) is 1. The number of benzene rings is 1. The highest BCUT2D eigenvalue weighted by molar-refractivity contribution is 7.89. The van der Waals surface area contributed by atoms with Gasteiger partial charge in [0.15, 0.2) is 0 Å². The normalized spacial score (nSPS) is 16.0. The predicted octanol–water partition coefficient (Wildman–Crippen LogP) is -0.182. The Bertz CT molecular complexity index is 586. The van der Waals surface area contributed by atoms with E-state index in [2.05, 4.69) is 9.62 Å². The number of morpholine rings is 1. The number of nitrogens with zero attached hydrogens (tertiary/aromatic N) is 1. The number of nitrogens with one attached hydrogen (secondary N) is 1. The van der Waals surface area contributed by atoms with Crippen LogP contribution in [-0.2, 0) is 14.8 Å². The molecule has 1 amide bonds. The molecule has 3 N–H and O–H groups in total. The lowest BCUT2D eigenvalue weighted by atomic mass is 10.2. The Labute approximate surface area is 136 Å². The van der Waals surface area contributed by atoms with Crippen LogP contribution < -0.4 is 10.5 Å². The Morgan fingerprint density at radius 1 is 1.23 bits per heavy atom. The van der Waals surface area contributed by atoms with E-state index >= 15 is 0 Å². The quantitative estimate of drug-likeness (QED) is 0.741. The minimum absolute atomic E-state index is 0. The molecule has 1 aromatic rings.